The molecule has 6 nitrogen and oxygen atoms in total. The Bertz CT molecular complexity index is 283. The average molecular weight is 268 g/mol. The molecule has 1 fully saturated rings. The van der Waals surface area contributed by atoms with Crippen molar-refractivity contribution in [3.05, 3.63) is 12.7 Å². The van der Waals surface area contributed by atoms with Crippen LogP contribution < -0.4 is 16.2 Å². The molecule has 108 valence electrons. The minimum atomic E-state index is -0.450. The fraction of sp³-hybridized carbons (Fsp3) is 0.692. The topological polar surface area (TPSA) is 73.5 Å². The highest BCUT2D eigenvalue weighted by Crippen LogP contribution is 2.04. The molecule has 1 rings (SSSR count). The van der Waals surface area contributed by atoms with E-state index in [0.29, 0.717) is 6.54 Å². The third-order valence-corrected chi connectivity index (χ3v) is 3.00. The fourth-order valence-electron chi connectivity index (χ4n) is 1.93. The number of imide groups is 1. The van der Waals surface area contributed by atoms with Gasteiger partial charge in [-0.15, -0.1) is 6.58 Å². The number of carbonyl (C=O) groups is 2. The molecule has 0 saturated carbocycles. The first-order chi connectivity index (χ1) is 9.25. The Hall–Kier alpha value is -1.56. The maximum absolute atomic E-state index is 11.9. The lowest BCUT2D eigenvalue weighted by molar-refractivity contribution is 0.186. The van der Waals surface area contributed by atoms with Gasteiger partial charge in [0.25, 0.3) is 0 Å². The zero-order chi connectivity index (χ0) is 13.9. The van der Waals surface area contributed by atoms with Gasteiger partial charge >= 0.3 is 12.1 Å². The van der Waals surface area contributed by atoms with Crippen molar-refractivity contribution < 1.29 is 9.59 Å². The second kappa shape index (κ2) is 9.38. The summed E-state index contributed by atoms with van der Waals surface area (Å²) in [5, 5.41) is 2.75. The number of carbonyl (C=O) groups excluding carboxylic acids is 2. The van der Waals surface area contributed by atoms with Gasteiger partial charge in [0.1, 0.15) is 0 Å². The van der Waals surface area contributed by atoms with Gasteiger partial charge in [-0.05, 0) is 12.8 Å². The van der Waals surface area contributed by atoms with Crippen LogP contribution in [-0.2, 0) is 0 Å². The van der Waals surface area contributed by atoms with E-state index in [1.165, 1.54) is 18.9 Å². The molecule has 1 heterocycles. The van der Waals surface area contributed by atoms with Crippen LogP contribution in [-0.4, -0.2) is 36.6 Å². The van der Waals surface area contributed by atoms with Crippen molar-refractivity contribution in [3.63, 3.8) is 0 Å². The Morgan fingerprint density at radius 3 is 2.32 bits per heavy atom. The van der Waals surface area contributed by atoms with Crippen molar-refractivity contribution in [2.45, 2.75) is 38.5 Å². The molecule has 0 aromatic rings. The van der Waals surface area contributed by atoms with E-state index in [9.17, 15) is 9.59 Å². The van der Waals surface area contributed by atoms with E-state index in [-0.39, 0.29) is 12.6 Å². The van der Waals surface area contributed by atoms with Gasteiger partial charge in [-0.25, -0.2) is 19.9 Å². The van der Waals surface area contributed by atoms with Gasteiger partial charge in [-0.1, -0.05) is 31.8 Å². The minimum absolute atomic E-state index is 0.194. The smallest absolute Gasteiger partial charge is 0.338 e. The largest absolute Gasteiger partial charge is 0.340 e. The molecular formula is C13H24N4O2. The zero-order valence-electron chi connectivity index (χ0n) is 11.4. The molecule has 1 aliphatic rings. The molecule has 0 aromatic heterocycles. The first-order valence-electron chi connectivity index (χ1n) is 6.95. The summed E-state index contributed by atoms with van der Waals surface area (Å²) in [6, 6.07) is -0.828. The zero-order valence-corrected chi connectivity index (χ0v) is 11.4. The van der Waals surface area contributed by atoms with Gasteiger partial charge in [0, 0.05) is 13.1 Å². The number of amides is 4. The number of urea groups is 2. The van der Waals surface area contributed by atoms with Crippen molar-refractivity contribution in [1.29, 1.82) is 0 Å². The number of hydrogen-bond acceptors (Lipinski definition) is 3. The van der Waals surface area contributed by atoms with E-state index >= 15 is 0 Å². The van der Waals surface area contributed by atoms with Crippen LogP contribution in [0.5, 0.6) is 0 Å². The monoisotopic (exact) mass is 268 g/mol. The fourth-order valence-corrected chi connectivity index (χ4v) is 1.93. The Morgan fingerprint density at radius 2 is 1.63 bits per heavy atom. The van der Waals surface area contributed by atoms with Crippen LogP contribution in [0.4, 0.5) is 9.59 Å². The number of nitrogens with zero attached hydrogens (tertiary/aromatic N) is 1. The molecule has 6 heteroatoms. The predicted molar refractivity (Wildman–Crippen MR) is 74.5 cm³/mol. The number of hydrogen-bond donors (Lipinski definition) is 3. The van der Waals surface area contributed by atoms with E-state index in [2.05, 4.69) is 22.7 Å². The standard InChI is InChI=1S/C13H24N4O2/c1-2-11-17-12(18)14-9-7-5-3-4-6-8-10-15-16-13(17)19/h2,15H,1,3-11H2,(H,14,18)(H,16,19). The van der Waals surface area contributed by atoms with Crippen molar-refractivity contribution >= 4 is 12.1 Å². The number of rotatable bonds is 2. The van der Waals surface area contributed by atoms with Crippen LogP contribution in [0.3, 0.4) is 0 Å². The highest BCUT2D eigenvalue weighted by atomic mass is 16.2. The molecule has 0 radical (unpaired) electrons. The third-order valence-electron chi connectivity index (χ3n) is 3.00. The average Bonchev–Trinajstić information content (AvgIpc) is 2.40. The maximum atomic E-state index is 11.9. The molecule has 0 aliphatic carbocycles. The highest BCUT2D eigenvalue weighted by Gasteiger charge is 2.19. The van der Waals surface area contributed by atoms with Crippen LogP contribution in [0, 0.1) is 0 Å². The molecule has 1 aliphatic heterocycles. The lowest BCUT2D eigenvalue weighted by Gasteiger charge is -2.21. The third kappa shape index (κ3) is 6.24. The Labute approximate surface area is 114 Å². The summed E-state index contributed by atoms with van der Waals surface area (Å²) in [5.74, 6) is 0. The molecule has 0 aromatic carbocycles. The maximum Gasteiger partial charge on any atom is 0.340 e. The Balaban J connectivity index is 2.53. The second-order valence-electron chi connectivity index (χ2n) is 4.61. The van der Waals surface area contributed by atoms with Crippen molar-refractivity contribution in [2.75, 3.05) is 19.6 Å². The van der Waals surface area contributed by atoms with Crippen LogP contribution in [0.1, 0.15) is 38.5 Å². The molecular weight excluding hydrogens is 244 g/mol. The van der Waals surface area contributed by atoms with Crippen molar-refractivity contribution in [2.24, 2.45) is 0 Å². The van der Waals surface area contributed by atoms with Gasteiger partial charge in [-0.3, -0.25) is 5.43 Å². The van der Waals surface area contributed by atoms with E-state index in [4.69, 9.17) is 0 Å². The molecule has 3 N–H and O–H groups in total. The number of hydrazine groups is 1. The molecule has 1 saturated heterocycles. The molecule has 19 heavy (non-hydrogen) atoms. The SMILES string of the molecule is C=CCN1C(=O)NCCCCCCCCNNC1=O. The van der Waals surface area contributed by atoms with Crippen LogP contribution in [0.2, 0.25) is 0 Å². The van der Waals surface area contributed by atoms with Gasteiger partial charge in [0.15, 0.2) is 0 Å². The normalized spacial score (nSPS) is 20.1. The molecule has 0 unspecified atom stereocenters. The van der Waals surface area contributed by atoms with Crippen molar-refractivity contribution in [3.8, 4) is 0 Å². The van der Waals surface area contributed by atoms with Crippen LogP contribution in [0.15, 0.2) is 12.7 Å². The first-order valence-corrected chi connectivity index (χ1v) is 6.95. The van der Waals surface area contributed by atoms with Gasteiger partial charge in [-0.2, -0.15) is 0 Å². The first kappa shape index (κ1) is 15.5. The lowest BCUT2D eigenvalue weighted by atomic mass is 10.1. The van der Waals surface area contributed by atoms with Gasteiger partial charge in [0.05, 0.1) is 6.54 Å². The van der Waals surface area contributed by atoms with E-state index in [0.717, 1.165) is 37.1 Å². The summed E-state index contributed by atoms with van der Waals surface area (Å²) < 4.78 is 0. The molecule has 0 bridgehead atoms. The second-order valence-corrected chi connectivity index (χ2v) is 4.61. The summed E-state index contributed by atoms with van der Waals surface area (Å²) >= 11 is 0. The van der Waals surface area contributed by atoms with E-state index in [1.54, 1.807) is 0 Å². The van der Waals surface area contributed by atoms with Crippen molar-refractivity contribution in [1.82, 2.24) is 21.1 Å². The van der Waals surface area contributed by atoms with E-state index < -0.39 is 6.03 Å². The lowest BCUT2D eigenvalue weighted by Crippen LogP contribution is -2.52. The Kier molecular flexibility index (Phi) is 7.65. The van der Waals surface area contributed by atoms with Crippen LogP contribution >= 0.6 is 0 Å². The van der Waals surface area contributed by atoms with Crippen LogP contribution in [0.25, 0.3) is 0 Å². The summed E-state index contributed by atoms with van der Waals surface area (Å²) in [6.45, 7) is 5.07. The molecule has 0 atom stereocenters. The number of nitrogens with one attached hydrogen (secondary N) is 3. The highest BCUT2D eigenvalue weighted by molar-refractivity contribution is 5.93. The summed E-state index contributed by atoms with van der Waals surface area (Å²) in [5.41, 5.74) is 5.37. The Morgan fingerprint density at radius 1 is 1.00 bits per heavy atom. The van der Waals surface area contributed by atoms with Gasteiger partial charge in [0.2, 0.25) is 0 Å². The summed E-state index contributed by atoms with van der Waals surface area (Å²) in [6.07, 6.45) is 8.17. The summed E-state index contributed by atoms with van der Waals surface area (Å²) in [4.78, 5) is 24.8. The predicted octanol–water partition coefficient (Wildman–Crippen LogP) is 1.75. The minimum Gasteiger partial charge on any atom is -0.338 e. The summed E-state index contributed by atoms with van der Waals surface area (Å²) in [7, 11) is 0. The van der Waals surface area contributed by atoms with Gasteiger partial charge < -0.3 is 5.32 Å². The van der Waals surface area contributed by atoms with E-state index in [1.807, 2.05) is 0 Å². The quantitative estimate of drug-likeness (QED) is 0.668. The molecule has 0 spiro atoms. The molecule has 4 amide bonds.